The van der Waals surface area contributed by atoms with Crippen molar-refractivity contribution in [2.75, 3.05) is 36.5 Å². The first kappa shape index (κ1) is 25.2. The number of hydrogen-bond donors (Lipinski definition) is 1. The van der Waals surface area contributed by atoms with E-state index < -0.39 is 29.9 Å². The highest BCUT2D eigenvalue weighted by Gasteiger charge is 2.46. The normalized spacial score (nSPS) is 23.0. The highest BCUT2D eigenvalue weighted by molar-refractivity contribution is 6.02. The fourth-order valence-electron chi connectivity index (χ4n) is 5.19. The van der Waals surface area contributed by atoms with Crippen LogP contribution in [0.1, 0.15) is 58.4 Å². The third-order valence-corrected chi connectivity index (χ3v) is 6.98. The van der Waals surface area contributed by atoms with Crippen LogP contribution in [0.15, 0.2) is 18.2 Å². The lowest BCUT2D eigenvalue weighted by Crippen LogP contribution is -2.55. The topological polar surface area (TPSA) is 82.2 Å². The Hall–Kier alpha value is -2.91. The van der Waals surface area contributed by atoms with Crippen LogP contribution in [0.2, 0.25) is 0 Å². The van der Waals surface area contributed by atoms with E-state index in [1.54, 1.807) is 35.0 Å². The number of piperidine rings is 2. The van der Waals surface area contributed by atoms with Gasteiger partial charge in [-0.25, -0.2) is 13.6 Å². The first-order valence-corrected chi connectivity index (χ1v) is 12.2. The maximum Gasteiger partial charge on any atom is 0.410 e. The van der Waals surface area contributed by atoms with Gasteiger partial charge in [0.1, 0.15) is 11.6 Å². The van der Waals surface area contributed by atoms with Crippen LogP contribution in [0, 0.1) is 0 Å². The van der Waals surface area contributed by atoms with Gasteiger partial charge in [-0.1, -0.05) is 6.07 Å². The van der Waals surface area contributed by atoms with E-state index in [9.17, 15) is 14.4 Å². The second-order valence-corrected chi connectivity index (χ2v) is 10.6. The van der Waals surface area contributed by atoms with E-state index in [4.69, 9.17) is 4.74 Å². The number of amides is 3. The fraction of sp³-hybridized carbons (Fsp3) is 0.640. The number of benzene rings is 1. The van der Waals surface area contributed by atoms with Crippen LogP contribution >= 0.6 is 0 Å². The standard InChI is InChI=1S/C25H34F2N4O4/c1-24(2,3)35-23(34)29(4)16-10-13-30(14-11-16)17-6-5-7-18-21(17)25(26,27)12-15-31(18)19-8-9-20(32)28-22(19)33/h5-7,16,19H,8-15H2,1-4H3,(H,28,32,33). The summed E-state index contributed by atoms with van der Waals surface area (Å²) < 4.78 is 36.1. The quantitative estimate of drug-likeness (QED) is 0.649. The van der Waals surface area contributed by atoms with Gasteiger partial charge in [0, 0.05) is 56.9 Å². The average Bonchev–Trinajstić information content (AvgIpc) is 2.78. The Balaban J connectivity index is 1.54. The predicted octanol–water partition coefficient (Wildman–Crippen LogP) is 3.63. The van der Waals surface area contributed by atoms with Gasteiger partial charge in [0.25, 0.3) is 5.92 Å². The van der Waals surface area contributed by atoms with Crippen molar-refractivity contribution in [2.24, 2.45) is 0 Å². The van der Waals surface area contributed by atoms with Gasteiger partial charge in [0.2, 0.25) is 11.8 Å². The summed E-state index contributed by atoms with van der Waals surface area (Å²) in [7, 11) is 1.71. The highest BCUT2D eigenvalue weighted by atomic mass is 19.3. The summed E-state index contributed by atoms with van der Waals surface area (Å²) in [5.41, 5.74) is 0.161. The molecule has 35 heavy (non-hydrogen) atoms. The molecule has 10 heteroatoms. The first-order chi connectivity index (χ1) is 16.4. The van der Waals surface area contributed by atoms with E-state index >= 15 is 8.78 Å². The van der Waals surface area contributed by atoms with Crippen LogP contribution < -0.4 is 15.1 Å². The van der Waals surface area contributed by atoms with Crippen LogP contribution in [0.5, 0.6) is 0 Å². The van der Waals surface area contributed by atoms with Crippen LogP contribution in [0.4, 0.5) is 25.0 Å². The van der Waals surface area contributed by atoms with Crippen LogP contribution in [0.3, 0.4) is 0 Å². The molecule has 3 amide bonds. The number of halogens is 2. The molecule has 0 bridgehead atoms. The van der Waals surface area contributed by atoms with Gasteiger partial charge in [-0.2, -0.15) is 0 Å². The van der Waals surface area contributed by atoms with Crippen molar-refractivity contribution >= 4 is 29.3 Å². The maximum atomic E-state index is 15.3. The molecular formula is C25H34F2N4O4. The van der Waals surface area contributed by atoms with Gasteiger partial charge in [0.15, 0.2) is 0 Å². The molecule has 2 saturated heterocycles. The molecule has 0 radical (unpaired) electrons. The number of hydrogen-bond acceptors (Lipinski definition) is 6. The Kier molecular flexibility index (Phi) is 6.68. The van der Waals surface area contributed by atoms with Gasteiger partial charge >= 0.3 is 6.09 Å². The average molecular weight is 493 g/mol. The maximum absolute atomic E-state index is 15.3. The molecule has 3 aliphatic heterocycles. The van der Waals surface area contributed by atoms with Crippen molar-refractivity contribution in [3.8, 4) is 0 Å². The van der Waals surface area contributed by atoms with Crippen molar-refractivity contribution in [3.63, 3.8) is 0 Å². The minimum absolute atomic E-state index is 0.0402. The molecule has 192 valence electrons. The van der Waals surface area contributed by atoms with Gasteiger partial charge in [0.05, 0.1) is 5.56 Å². The molecular weight excluding hydrogens is 458 g/mol. The smallest absolute Gasteiger partial charge is 0.410 e. The number of nitrogens with zero attached hydrogens (tertiary/aromatic N) is 3. The van der Waals surface area contributed by atoms with Crippen molar-refractivity contribution in [1.29, 1.82) is 0 Å². The summed E-state index contributed by atoms with van der Waals surface area (Å²) in [5.74, 6) is -3.80. The fourth-order valence-corrected chi connectivity index (χ4v) is 5.19. The lowest BCUT2D eigenvalue weighted by molar-refractivity contribution is -0.134. The summed E-state index contributed by atoms with van der Waals surface area (Å²) in [6.07, 6.45) is 0.967. The Bertz CT molecular complexity index is 1000. The van der Waals surface area contributed by atoms with E-state index in [1.807, 2.05) is 25.7 Å². The van der Waals surface area contributed by atoms with Crippen LogP contribution in [-0.2, 0) is 20.2 Å². The lowest BCUT2D eigenvalue weighted by Gasteiger charge is -2.44. The molecule has 1 aromatic rings. The molecule has 1 aromatic carbocycles. The Morgan fingerprint density at radius 3 is 2.40 bits per heavy atom. The number of anilines is 2. The molecule has 1 unspecified atom stereocenters. The number of fused-ring (bicyclic) bond motifs is 1. The van der Waals surface area contributed by atoms with E-state index in [0.29, 0.717) is 43.7 Å². The van der Waals surface area contributed by atoms with E-state index in [0.717, 1.165) is 0 Å². The number of imide groups is 1. The number of nitrogens with one attached hydrogen (secondary N) is 1. The van der Waals surface area contributed by atoms with Crippen molar-refractivity contribution < 1.29 is 27.9 Å². The predicted molar refractivity (Wildman–Crippen MR) is 128 cm³/mol. The third kappa shape index (κ3) is 5.21. The number of ether oxygens (including phenoxy) is 1. The Morgan fingerprint density at radius 1 is 1.11 bits per heavy atom. The second kappa shape index (κ2) is 9.28. The van der Waals surface area contributed by atoms with E-state index in [2.05, 4.69) is 5.32 Å². The minimum atomic E-state index is -3.03. The van der Waals surface area contributed by atoms with Crippen molar-refractivity contribution in [3.05, 3.63) is 23.8 Å². The molecule has 4 rings (SSSR count). The molecule has 8 nitrogen and oxygen atoms in total. The zero-order chi connectivity index (χ0) is 25.5. The summed E-state index contributed by atoms with van der Waals surface area (Å²) in [6, 6.07) is 4.40. The molecule has 3 heterocycles. The zero-order valence-electron chi connectivity index (χ0n) is 20.8. The number of carbonyl (C=O) groups excluding carboxylic acids is 3. The van der Waals surface area contributed by atoms with E-state index in [-0.39, 0.29) is 36.6 Å². The summed E-state index contributed by atoms with van der Waals surface area (Å²) >= 11 is 0. The van der Waals surface area contributed by atoms with Crippen molar-refractivity contribution in [1.82, 2.24) is 10.2 Å². The molecule has 0 aliphatic carbocycles. The van der Waals surface area contributed by atoms with Crippen molar-refractivity contribution in [2.45, 2.75) is 76.5 Å². The lowest BCUT2D eigenvalue weighted by atomic mass is 9.91. The summed E-state index contributed by atoms with van der Waals surface area (Å²) in [6.45, 7) is 6.53. The van der Waals surface area contributed by atoms with Gasteiger partial charge < -0.3 is 19.4 Å². The Labute approximate surface area is 204 Å². The van der Waals surface area contributed by atoms with Gasteiger partial charge in [-0.15, -0.1) is 0 Å². The molecule has 1 atom stereocenters. The number of rotatable bonds is 3. The second-order valence-electron chi connectivity index (χ2n) is 10.6. The van der Waals surface area contributed by atoms with Gasteiger partial charge in [-0.3, -0.25) is 14.9 Å². The third-order valence-electron chi connectivity index (χ3n) is 6.98. The molecule has 1 N–H and O–H groups in total. The first-order valence-electron chi connectivity index (χ1n) is 12.2. The highest BCUT2D eigenvalue weighted by Crippen LogP contribution is 2.48. The Morgan fingerprint density at radius 2 is 1.77 bits per heavy atom. The van der Waals surface area contributed by atoms with E-state index in [1.165, 1.54) is 0 Å². The van der Waals surface area contributed by atoms with Gasteiger partial charge in [-0.05, 0) is 52.2 Å². The number of carbonyl (C=O) groups is 3. The SMILES string of the molecule is CN(C(=O)OC(C)(C)C)C1CCN(c2cccc3c2C(F)(F)CCN3C2CCC(=O)NC2=O)CC1. The molecule has 0 spiro atoms. The summed E-state index contributed by atoms with van der Waals surface area (Å²) in [4.78, 5) is 41.8. The monoisotopic (exact) mass is 492 g/mol. The van der Waals surface area contributed by atoms with Crippen LogP contribution in [0.25, 0.3) is 0 Å². The largest absolute Gasteiger partial charge is 0.444 e. The zero-order valence-corrected chi connectivity index (χ0v) is 20.8. The molecule has 2 fully saturated rings. The molecule has 0 saturated carbocycles. The molecule has 0 aromatic heterocycles. The minimum Gasteiger partial charge on any atom is -0.444 e. The number of alkyl halides is 2. The molecule has 3 aliphatic rings. The van der Waals surface area contributed by atoms with Crippen LogP contribution in [-0.4, -0.2) is 67.2 Å². The summed E-state index contributed by atoms with van der Waals surface area (Å²) in [5, 5.41) is 2.33.